The van der Waals surface area contributed by atoms with Gasteiger partial charge < -0.3 is 14.8 Å². The van der Waals surface area contributed by atoms with Gasteiger partial charge in [-0.1, -0.05) is 0 Å². The molecule has 1 aromatic heterocycles. The van der Waals surface area contributed by atoms with Crippen molar-refractivity contribution in [2.24, 2.45) is 0 Å². The molecule has 2 heterocycles. The first-order valence-electron chi connectivity index (χ1n) is 7.38. The van der Waals surface area contributed by atoms with E-state index in [9.17, 15) is 9.59 Å². The lowest BCUT2D eigenvalue weighted by Crippen LogP contribution is -2.45. The van der Waals surface area contributed by atoms with Crippen LogP contribution in [0.15, 0.2) is 18.5 Å². The highest BCUT2D eigenvalue weighted by atomic mass is 16.2. The number of carbonyl (C=O) groups is 2. The highest BCUT2D eigenvalue weighted by Crippen LogP contribution is 2.29. The summed E-state index contributed by atoms with van der Waals surface area (Å²) in [4.78, 5) is 31.0. The Morgan fingerprint density at radius 3 is 2.80 bits per heavy atom. The molecule has 20 heavy (non-hydrogen) atoms. The minimum atomic E-state index is 0.0769. The first-order valence-corrected chi connectivity index (χ1v) is 7.38. The molecule has 1 aliphatic carbocycles. The maximum Gasteiger partial charge on any atom is 0.255 e. The molecule has 5 heteroatoms. The van der Waals surface area contributed by atoms with Crippen molar-refractivity contribution in [1.82, 2.24) is 14.8 Å². The molecular weight excluding hydrogens is 254 g/mol. The quantitative estimate of drug-likeness (QED) is 0.908. The van der Waals surface area contributed by atoms with Gasteiger partial charge in [-0.05, 0) is 31.7 Å². The lowest BCUT2D eigenvalue weighted by molar-refractivity contribution is -0.130. The van der Waals surface area contributed by atoms with E-state index in [1.165, 1.54) is 0 Å². The van der Waals surface area contributed by atoms with E-state index in [-0.39, 0.29) is 17.9 Å². The summed E-state index contributed by atoms with van der Waals surface area (Å²) in [7, 11) is 0. The monoisotopic (exact) mass is 275 g/mol. The van der Waals surface area contributed by atoms with Crippen LogP contribution in [0.2, 0.25) is 0 Å². The molecule has 0 aromatic carbocycles. The number of hydrogen-bond donors (Lipinski definition) is 1. The van der Waals surface area contributed by atoms with Crippen molar-refractivity contribution in [3.63, 3.8) is 0 Å². The Bertz CT molecular complexity index is 493. The predicted molar refractivity (Wildman–Crippen MR) is 75.3 cm³/mol. The normalized spacial score (nSPS) is 22.1. The summed E-state index contributed by atoms with van der Waals surface area (Å²) in [5, 5.41) is 0. The fraction of sp³-hybridized carbons (Fsp3) is 0.600. The first-order chi connectivity index (χ1) is 9.66. The van der Waals surface area contributed by atoms with Gasteiger partial charge in [-0.15, -0.1) is 0 Å². The summed E-state index contributed by atoms with van der Waals surface area (Å²) in [6.07, 6.45) is 7.74. The van der Waals surface area contributed by atoms with Crippen LogP contribution < -0.4 is 0 Å². The molecule has 2 aliphatic rings. The topological polar surface area (TPSA) is 56.4 Å². The van der Waals surface area contributed by atoms with E-state index in [4.69, 9.17) is 0 Å². The number of nitrogens with one attached hydrogen (secondary N) is 1. The molecule has 0 bridgehead atoms. The highest BCUT2D eigenvalue weighted by Gasteiger charge is 2.36. The number of likely N-dealkylation sites (tertiary alicyclic amines) is 1. The van der Waals surface area contributed by atoms with Gasteiger partial charge in [0.2, 0.25) is 5.91 Å². The molecule has 0 radical (unpaired) electrons. The van der Waals surface area contributed by atoms with Crippen LogP contribution in [0.4, 0.5) is 0 Å². The number of aromatic nitrogens is 1. The van der Waals surface area contributed by atoms with Crippen molar-refractivity contribution in [1.29, 1.82) is 0 Å². The number of amides is 2. The predicted octanol–water partition coefficient (Wildman–Crippen LogP) is 1.63. The van der Waals surface area contributed by atoms with Crippen LogP contribution in [-0.4, -0.2) is 51.8 Å². The minimum Gasteiger partial charge on any atom is -0.367 e. The summed E-state index contributed by atoms with van der Waals surface area (Å²) in [6, 6.07) is 2.39. The average molecular weight is 275 g/mol. The Labute approximate surface area is 118 Å². The van der Waals surface area contributed by atoms with E-state index in [2.05, 4.69) is 4.98 Å². The summed E-state index contributed by atoms with van der Waals surface area (Å²) >= 11 is 0. The lowest BCUT2D eigenvalue weighted by atomic mass is 10.2. The van der Waals surface area contributed by atoms with E-state index in [0.717, 1.165) is 32.2 Å². The van der Waals surface area contributed by atoms with Crippen molar-refractivity contribution in [3.05, 3.63) is 24.0 Å². The van der Waals surface area contributed by atoms with Crippen molar-refractivity contribution in [3.8, 4) is 0 Å². The van der Waals surface area contributed by atoms with Crippen molar-refractivity contribution in [2.45, 2.75) is 44.7 Å². The van der Waals surface area contributed by atoms with Gasteiger partial charge in [0.05, 0.1) is 5.56 Å². The summed E-state index contributed by atoms with van der Waals surface area (Å²) in [5.41, 5.74) is 0.706. The van der Waals surface area contributed by atoms with E-state index in [0.29, 0.717) is 18.2 Å². The van der Waals surface area contributed by atoms with Crippen LogP contribution in [-0.2, 0) is 4.79 Å². The van der Waals surface area contributed by atoms with E-state index < -0.39 is 0 Å². The van der Waals surface area contributed by atoms with Gasteiger partial charge in [0.15, 0.2) is 0 Å². The first kappa shape index (κ1) is 13.2. The number of nitrogens with zero attached hydrogens (tertiary/aromatic N) is 2. The zero-order chi connectivity index (χ0) is 14.1. The molecule has 1 aliphatic heterocycles. The molecule has 0 spiro atoms. The molecular formula is C15H21N3O2. The van der Waals surface area contributed by atoms with Crippen LogP contribution in [0, 0.1) is 0 Å². The van der Waals surface area contributed by atoms with Crippen molar-refractivity contribution < 1.29 is 9.59 Å². The van der Waals surface area contributed by atoms with Gasteiger partial charge in [0.1, 0.15) is 0 Å². The van der Waals surface area contributed by atoms with E-state index in [1.807, 2.05) is 9.80 Å². The van der Waals surface area contributed by atoms with Crippen molar-refractivity contribution >= 4 is 11.8 Å². The third-order valence-electron chi connectivity index (χ3n) is 4.28. The Hall–Kier alpha value is -1.78. The number of hydrogen-bond acceptors (Lipinski definition) is 2. The Morgan fingerprint density at radius 1 is 1.40 bits per heavy atom. The van der Waals surface area contributed by atoms with Gasteiger partial charge in [-0.3, -0.25) is 9.59 Å². The Kier molecular flexibility index (Phi) is 3.51. The van der Waals surface area contributed by atoms with Gasteiger partial charge in [0, 0.05) is 44.5 Å². The molecule has 1 N–H and O–H groups in total. The second kappa shape index (κ2) is 5.31. The fourth-order valence-corrected chi connectivity index (χ4v) is 3.06. The maximum atomic E-state index is 12.5. The van der Waals surface area contributed by atoms with Crippen LogP contribution >= 0.6 is 0 Å². The van der Waals surface area contributed by atoms with Gasteiger partial charge in [0.25, 0.3) is 5.91 Å². The standard InChI is InChI=1S/C15H21N3O2/c1-11(19)18(13-4-5-13)10-14-3-2-8-17(14)15(20)12-6-7-16-9-12/h6-7,9,13-14,16H,2-5,8,10H2,1H3. The van der Waals surface area contributed by atoms with Gasteiger partial charge in [-0.2, -0.15) is 0 Å². The molecule has 1 saturated heterocycles. The van der Waals surface area contributed by atoms with E-state index >= 15 is 0 Å². The molecule has 1 saturated carbocycles. The Balaban J connectivity index is 1.69. The van der Waals surface area contributed by atoms with Gasteiger partial charge in [-0.25, -0.2) is 0 Å². The van der Waals surface area contributed by atoms with Crippen molar-refractivity contribution in [2.75, 3.05) is 13.1 Å². The molecule has 1 unspecified atom stereocenters. The maximum absolute atomic E-state index is 12.5. The molecule has 1 atom stereocenters. The van der Waals surface area contributed by atoms with Gasteiger partial charge >= 0.3 is 0 Å². The number of aromatic amines is 1. The lowest BCUT2D eigenvalue weighted by Gasteiger charge is -2.30. The third-order valence-corrected chi connectivity index (χ3v) is 4.28. The number of H-pyrrole nitrogens is 1. The van der Waals surface area contributed by atoms with Crippen LogP contribution in [0.5, 0.6) is 0 Å². The number of carbonyl (C=O) groups excluding carboxylic acids is 2. The molecule has 2 amide bonds. The fourth-order valence-electron chi connectivity index (χ4n) is 3.06. The Morgan fingerprint density at radius 2 is 2.20 bits per heavy atom. The molecule has 108 valence electrons. The largest absolute Gasteiger partial charge is 0.367 e. The zero-order valence-electron chi connectivity index (χ0n) is 11.8. The molecule has 5 nitrogen and oxygen atoms in total. The van der Waals surface area contributed by atoms with Crippen LogP contribution in [0.1, 0.15) is 43.0 Å². The molecule has 3 rings (SSSR count). The van der Waals surface area contributed by atoms with Crippen LogP contribution in [0.3, 0.4) is 0 Å². The smallest absolute Gasteiger partial charge is 0.255 e. The molecule has 2 fully saturated rings. The highest BCUT2D eigenvalue weighted by molar-refractivity contribution is 5.94. The minimum absolute atomic E-state index is 0.0769. The summed E-state index contributed by atoms with van der Waals surface area (Å²) < 4.78 is 0. The molecule has 1 aromatic rings. The number of rotatable bonds is 4. The summed E-state index contributed by atoms with van der Waals surface area (Å²) in [6.45, 7) is 3.12. The SMILES string of the molecule is CC(=O)N(CC1CCCN1C(=O)c1cc[nH]c1)C1CC1. The van der Waals surface area contributed by atoms with Crippen LogP contribution in [0.25, 0.3) is 0 Å². The zero-order valence-corrected chi connectivity index (χ0v) is 11.8. The summed E-state index contributed by atoms with van der Waals surface area (Å²) in [5.74, 6) is 0.210. The second-order valence-corrected chi connectivity index (χ2v) is 5.80. The second-order valence-electron chi connectivity index (χ2n) is 5.80. The van der Waals surface area contributed by atoms with E-state index in [1.54, 1.807) is 25.4 Å². The third kappa shape index (κ3) is 2.57. The average Bonchev–Trinajstić information content (AvgIpc) is 2.95.